The summed E-state index contributed by atoms with van der Waals surface area (Å²) in [6.45, 7) is 8.81. The van der Waals surface area contributed by atoms with Crippen LogP contribution in [0, 0.1) is 12.8 Å². The van der Waals surface area contributed by atoms with Gasteiger partial charge in [-0.2, -0.15) is 0 Å². The van der Waals surface area contributed by atoms with Crippen LogP contribution in [0.2, 0.25) is 0 Å². The van der Waals surface area contributed by atoms with Crippen LogP contribution < -0.4 is 16.0 Å². The van der Waals surface area contributed by atoms with E-state index in [1.807, 2.05) is 6.92 Å². The average molecular weight is 336 g/mol. The zero-order valence-electron chi connectivity index (χ0n) is 13.0. The molecular weight excluding hydrogens is 309 g/mol. The lowest BCUT2D eigenvalue weighted by Gasteiger charge is -2.24. The molecule has 0 saturated heterocycles. The zero-order chi connectivity index (χ0) is 14.3. The minimum atomic E-state index is -0.117. The second-order valence-corrected chi connectivity index (χ2v) is 4.85. The van der Waals surface area contributed by atoms with Gasteiger partial charge in [-0.1, -0.05) is 19.1 Å². The van der Waals surface area contributed by atoms with Crippen molar-refractivity contribution in [3.63, 3.8) is 0 Å². The van der Waals surface area contributed by atoms with Gasteiger partial charge in [0.2, 0.25) is 5.91 Å². The predicted octanol–water partition coefficient (Wildman–Crippen LogP) is 2.38. The van der Waals surface area contributed by atoms with E-state index < -0.39 is 0 Å². The third-order valence-electron chi connectivity index (χ3n) is 3.23. The molecule has 0 saturated carbocycles. The first-order valence-electron chi connectivity index (χ1n) is 6.87. The van der Waals surface area contributed by atoms with Gasteiger partial charge in [-0.05, 0) is 31.5 Å². The molecule has 1 aromatic rings. The molecule has 0 heterocycles. The highest BCUT2D eigenvalue weighted by Crippen LogP contribution is 2.14. The third kappa shape index (κ3) is 7.55. The number of benzene rings is 1. The molecule has 1 amide bonds. The fraction of sp³-hybridized carbons (Fsp3) is 0.533. The second kappa shape index (κ2) is 11.7. The quantitative estimate of drug-likeness (QED) is 0.804. The SMILES string of the molecule is CCN(CCNC(=O)C(C)CN)c1cccc(C)c1.Cl.Cl. The van der Waals surface area contributed by atoms with Crippen LogP contribution in [0.25, 0.3) is 0 Å². The summed E-state index contributed by atoms with van der Waals surface area (Å²) in [6, 6.07) is 8.40. The van der Waals surface area contributed by atoms with Crippen molar-refractivity contribution in [3.05, 3.63) is 29.8 Å². The highest BCUT2D eigenvalue weighted by atomic mass is 35.5. The van der Waals surface area contributed by atoms with Gasteiger partial charge >= 0.3 is 0 Å². The van der Waals surface area contributed by atoms with Crippen LogP contribution in [0.15, 0.2) is 24.3 Å². The van der Waals surface area contributed by atoms with E-state index in [9.17, 15) is 4.79 Å². The molecule has 1 aromatic carbocycles. The van der Waals surface area contributed by atoms with Crippen LogP contribution in [0.5, 0.6) is 0 Å². The Morgan fingerprint density at radius 2 is 2.05 bits per heavy atom. The van der Waals surface area contributed by atoms with E-state index in [1.165, 1.54) is 11.3 Å². The maximum atomic E-state index is 11.6. The first-order chi connectivity index (χ1) is 9.08. The lowest BCUT2D eigenvalue weighted by atomic mass is 10.2. The number of halogens is 2. The second-order valence-electron chi connectivity index (χ2n) is 4.85. The lowest BCUT2D eigenvalue weighted by Crippen LogP contribution is -2.38. The lowest BCUT2D eigenvalue weighted by molar-refractivity contribution is -0.124. The number of nitrogens with two attached hydrogens (primary N) is 1. The molecule has 0 fully saturated rings. The van der Waals surface area contributed by atoms with Crippen LogP contribution in [-0.4, -0.2) is 32.1 Å². The topological polar surface area (TPSA) is 58.4 Å². The molecule has 0 aliphatic carbocycles. The molecule has 122 valence electrons. The number of nitrogens with zero attached hydrogens (tertiary/aromatic N) is 1. The molecule has 21 heavy (non-hydrogen) atoms. The Bertz CT molecular complexity index is 416. The predicted molar refractivity (Wildman–Crippen MR) is 94.8 cm³/mol. The summed E-state index contributed by atoms with van der Waals surface area (Å²) < 4.78 is 0. The van der Waals surface area contributed by atoms with Gasteiger partial charge in [-0.15, -0.1) is 24.8 Å². The molecule has 3 N–H and O–H groups in total. The summed E-state index contributed by atoms with van der Waals surface area (Å²) in [5, 5.41) is 2.92. The molecule has 0 aliphatic heterocycles. The fourth-order valence-corrected chi connectivity index (χ4v) is 1.89. The Morgan fingerprint density at radius 3 is 2.57 bits per heavy atom. The first kappa shape index (κ1) is 22.3. The summed E-state index contributed by atoms with van der Waals surface area (Å²) in [5.74, 6) is -0.0863. The van der Waals surface area contributed by atoms with Crippen molar-refractivity contribution < 1.29 is 4.79 Å². The van der Waals surface area contributed by atoms with Gasteiger partial charge in [0.15, 0.2) is 0 Å². The molecule has 1 rings (SSSR count). The van der Waals surface area contributed by atoms with E-state index in [0.29, 0.717) is 13.1 Å². The molecule has 4 nitrogen and oxygen atoms in total. The molecule has 0 aromatic heterocycles. The maximum Gasteiger partial charge on any atom is 0.224 e. The van der Waals surface area contributed by atoms with Crippen molar-refractivity contribution in [2.75, 3.05) is 31.1 Å². The van der Waals surface area contributed by atoms with Gasteiger partial charge < -0.3 is 16.0 Å². The molecule has 0 bridgehead atoms. The van der Waals surface area contributed by atoms with Crippen molar-refractivity contribution in [1.82, 2.24) is 5.32 Å². The number of nitrogens with one attached hydrogen (secondary N) is 1. The minimum absolute atomic E-state index is 0. The van der Waals surface area contributed by atoms with Crippen molar-refractivity contribution in [2.24, 2.45) is 11.7 Å². The van der Waals surface area contributed by atoms with Crippen LogP contribution in [0.1, 0.15) is 19.4 Å². The number of rotatable bonds is 7. The number of carbonyl (C=O) groups excluding carboxylic acids is 1. The highest BCUT2D eigenvalue weighted by Gasteiger charge is 2.10. The van der Waals surface area contributed by atoms with Crippen LogP contribution >= 0.6 is 24.8 Å². The van der Waals surface area contributed by atoms with Crippen molar-refractivity contribution in [2.45, 2.75) is 20.8 Å². The number of hydrogen-bond donors (Lipinski definition) is 2. The zero-order valence-corrected chi connectivity index (χ0v) is 14.6. The molecular formula is C15H27Cl2N3O. The van der Waals surface area contributed by atoms with Crippen molar-refractivity contribution in [3.8, 4) is 0 Å². The molecule has 6 heteroatoms. The van der Waals surface area contributed by atoms with Crippen LogP contribution in [0.4, 0.5) is 5.69 Å². The minimum Gasteiger partial charge on any atom is -0.370 e. The van der Waals surface area contributed by atoms with Gasteiger partial charge in [0.25, 0.3) is 0 Å². The smallest absolute Gasteiger partial charge is 0.224 e. The van der Waals surface area contributed by atoms with Crippen molar-refractivity contribution >= 4 is 36.4 Å². The fourth-order valence-electron chi connectivity index (χ4n) is 1.89. The van der Waals surface area contributed by atoms with E-state index >= 15 is 0 Å². The molecule has 0 radical (unpaired) electrons. The summed E-state index contributed by atoms with van der Waals surface area (Å²) in [5.41, 5.74) is 7.91. The van der Waals surface area contributed by atoms with Crippen LogP contribution in [0.3, 0.4) is 0 Å². The monoisotopic (exact) mass is 335 g/mol. The number of amides is 1. The Hall–Kier alpha value is -0.970. The first-order valence-corrected chi connectivity index (χ1v) is 6.87. The van der Waals surface area contributed by atoms with Gasteiger partial charge in [0, 0.05) is 37.8 Å². The van der Waals surface area contributed by atoms with Crippen LogP contribution in [-0.2, 0) is 4.79 Å². The van der Waals surface area contributed by atoms with E-state index in [1.54, 1.807) is 0 Å². The van der Waals surface area contributed by atoms with E-state index in [4.69, 9.17) is 5.73 Å². The van der Waals surface area contributed by atoms with E-state index in [0.717, 1.165) is 13.1 Å². The van der Waals surface area contributed by atoms with Crippen molar-refractivity contribution in [1.29, 1.82) is 0 Å². The molecule has 1 atom stereocenters. The molecule has 1 unspecified atom stereocenters. The largest absolute Gasteiger partial charge is 0.370 e. The summed E-state index contributed by atoms with van der Waals surface area (Å²) >= 11 is 0. The number of anilines is 1. The molecule has 0 spiro atoms. The van der Waals surface area contributed by atoms with Gasteiger partial charge in [-0.3, -0.25) is 4.79 Å². The number of carbonyl (C=O) groups is 1. The summed E-state index contributed by atoms with van der Waals surface area (Å²) in [6.07, 6.45) is 0. The van der Waals surface area contributed by atoms with Gasteiger partial charge in [-0.25, -0.2) is 0 Å². The van der Waals surface area contributed by atoms with E-state index in [2.05, 4.69) is 48.3 Å². The van der Waals surface area contributed by atoms with Gasteiger partial charge in [0.1, 0.15) is 0 Å². The molecule has 0 aliphatic rings. The number of hydrogen-bond acceptors (Lipinski definition) is 3. The Labute approximate surface area is 140 Å². The third-order valence-corrected chi connectivity index (χ3v) is 3.23. The summed E-state index contributed by atoms with van der Waals surface area (Å²) in [4.78, 5) is 13.9. The highest BCUT2D eigenvalue weighted by molar-refractivity contribution is 5.85. The Kier molecular flexibility index (Phi) is 12.4. The number of aryl methyl sites for hydroxylation is 1. The Morgan fingerprint density at radius 1 is 1.38 bits per heavy atom. The maximum absolute atomic E-state index is 11.6. The van der Waals surface area contributed by atoms with Gasteiger partial charge in [0.05, 0.1) is 0 Å². The average Bonchev–Trinajstić information content (AvgIpc) is 2.42. The van der Waals surface area contributed by atoms with E-state index in [-0.39, 0.29) is 36.6 Å². The number of likely N-dealkylation sites (N-methyl/N-ethyl adjacent to an activating group) is 1. The standard InChI is InChI=1S/C15H25N3O.2ClH/c1-4-18(14-7-5-6-12(2)10-14)9-8-17-15(19)13(3)11-16;;/h5-7,10,13H,4,8-9,11,16H2,1-3H3,(H,17,19);2*1H. The normalized spacial score (nSPS) is 10.9. The summed E-state index contributed by atoms with van der Waals surface area (Å²) in [7, 11) is 0. The Balaban J connectivity index is 0.